The molecule has 32 heavy (non-hydrogen) atoms. The molecule has 0 unspecified atom stereocenters. The summed E-state index contributed by atoms with van der Waals surface area (Å²) in [7, 11) is 0. The van der Waals surface area contributed by atoms with Gasteiger partial charge < -0.3 is 21.1 Å². The summed E-state index contributed by atoms with van der Waals surface area (Å²) in [5, 5.41) is 6.39. The third-order valence-corrected chi connectivity index (χ3v) is 6.07. The SMILES string of the molecule is C=C(C)/C(C)=C(\N)c1cc(SCCNC(=O)OC(C)(C)C)c2c(F)ccc3c2c1C(=O)N3. The van der Waals surface area contributed by atoms with E-state index in [0.29, 0.717) is 50.5 Å². The maximum atomic E-state index is 14.9. The summed E-state index contributed by atoms with van der Waals surface area (Å²) in [6.45, 7) is 13.3. The molecular formula is C24H28FN3O3S. The summed E-state index contributed by atoms with van der Waals surface area (Å²) in [4.78, 5) is 25.2. The molecule has 1 heterocycles. The zero-order valence-electron chi connectivity index (χ0n) is 18.9. The number of carbonyl (C=O) groups excluding carboxylic acids is 2. The Balaban J connectivity index is 1.99. The molecule has 0 fully saturated rings. The second kappa shape index (κ2) is 8.86. The van der Waals surface area contributed by atoms with Gasteiger partial charge in [0.15, 0.2) is 0 Å². The highest BCUT2D eigenvalue weighted by Gasteiger charge is 2.29. The van der Waals surface area contributed by atoms with Crippen molar-refractivity contribution < 1.29 is 18.7 Å². The number of allylic oxidation sites excluding steroid dienone is 2. The minimum absolute atomic E-state index is 0.314. The van der Waals surface area contributed by atoms with Gasteiger partial charge in [0, 0.05) is 44.9 Å². The Morgan fingerprint density at radius 1 is 1.28 bits per heavy atom. The van der Waals surface area contributed by atoms with Gasteiger partial charge in [-0.05, 0) is 58.4 Å². The van der Waals surface area contributed by atoms with Crippen molar-refractivity contribution in [2.75, 3.05) is 17.6 Å². The van der Waals surface area contributed by atoms with Crippen LogP contribution in [0.5, 0.6) is 0 Å². The molecule has 0 aliphatic carbocycles. The number of hydrogen-bond acceptors (Lipinski definition) is 5. The number of benzene rings is 2. The topological polar surface area (TPSA) is 93.4 Å². The Morgan fingerprint density at radius 2 is 1.97 bits per heavy atom. The normalized spacial score (nSPS) is 13.6. The van der Waals surface area contributed by atoms with E-state index in [-0.39, 0.29) is 5.91 Å². The first kappa shape index (κ1) is 23.7. The van der Waals surface area contributed by atoms with Crippen molar-refractivity contribution in [3.8, 4) is 0 Å². The van der Waals surface area contributed by atoms with Gasteiger partial charge in [-0.3, -0.25) is 4.79 Å². The lowest BCUT2D eigenvalue weighted by Crippen LogP contribution is -2.33. The molecule has 2 aromatic carbocycles. The number of amides is 2. The molecule has 4 N–H and O–H groups in total. The van der Waals surface area contributed by atoms with Gasteiger partial charge in [-0.15, -0.1) is 11.8 Å². The fraction of sp³-hybridized carbons (Fsp3) is 0.333. The molecule has 0 spiro atoms. The number of hydrogen-bond donors (Lipinski definition) is 3. The Hall–Kier alpha value is -3.00. The molecule has 0 bridgehead atoms. The molecule has 0 atom stereocenters. The molecule has 1 aliphatic heterocycles. The van der Waals surface area contributed by atoms with Crippen molar-refractivity contribution in [3.63, 3.8) is 0 Å². The Morgan fingerprint density at radius 3 is 2.59 bits per heavy atom. The molecular weight excluding hydrogens is 429 g/mol. The van der Waals surface area contributed by atoms with Crippen molar-refractivity contribution in [3.05, 3.63) is 52.9 Å². The summed E-state index contributed by atoms with van der Waals surface area (Å²) in [5.41, 5.74) is 9.26. The van der Waals surface area contributed by atoms with Crippen molar-refractivity contribution >= 4 is 45.9 Å². The smallest absolute Gasteiger partial charge is 0.407 e. The van der Waals surface area contributed by atoms with Gasteiger partial charge >= 0.3 is 6.09 Å². The van der Waals surface area contributed by atoms with E-state index < -0.39 is 17.5 Å². The highest BCUT2D eigenvalue weighted by atomic mass is 32.2. The van der Waals surface area contributed by atoms with Crippen LogP contribution in [0.25, 0.3) is 16.5 Å². The van der Waals surface area contributed by atoms with Crippen LogP contribution in [-0.2, 0) is 4.74 Å². The van der Waals surface area contributed by atoms with Gasteiger partial charge in [-0.1, -0.05) is 12.2 Å². The predicted octanol–water partition coefficient (Wildman–Crippen LogP) is 5.43. The minimum atomic E-state index is -0.586. The number of halogens is 1. The molecule has 2 amide bonds. The number of carbonyl (C=O) groups is 2. The lowest BCUT2D eigenvalue weighted by molar-refractivity contribution is 0.0531. The molecule has 170 valence electrons. The van der Waals surface area contributed by atoms with Crippen LogP contribution >= 0.6 is 11.8 Å². The van der Waals surface area contributed by atoms with E-state index in [4.69, 9.17) is 10.5 Å². The standard InChI is InChI=1S/C24H28FN3O3S/c1-12(2)13(3)21(26)14-11-17(32-10-9-27-23(30)31-24(4,5)6)19-15(25)7-8-16-20(19)18(14)22(29)28-16/h7-8,11H,1,9-10,26H2,2-6H3,(H,27,30)(H,28,29)/b21-13-. The minimum Gasteiger partial charge on any atom is -0.444 e. The Kier molecular flexibility index (Phi) is 6.55. The monoisotopic (exact) mass is 457 g/mol. The maximum absolute atomic E-state index is 14.9. The van der Waals surface area contributed by atoms with Crippen LogP contribution in [0.2, 0.25) is 0 Å². The second-order valence-electron chi connectivity index (χ2n) is 8.69. The molecule has 2 aromatic rings. The first-order valence-corrected chi connectivity index (χ1v) is 11.2. The molecule has 0 saturated carbocycles. The first-order chi connectivity index (χ1) is 14.9. The molecule has 0 radical (unpaired) electrons. The van der Waals surface area contributed by atoms with Gasteiger partial charge in [0.25, 0.3) is 5.91 Å². The molecule has 0 saturated heterocycles. The van der Waals surface area contributed by atoms with Crippen LogP contribution in [0.4, 0.5) is 14.9 Å². The van der Waals surface area contributed by atoms with Gasteiger partial charge in [0.05, 0.1) is 5.56 Å². The van der Waals surface area contributed by atoms with E-state index in [1.165, 1.54) is 17.8 Å². The number of nitrogens with one attached hydrogen (secondary N) is 2. The van der Waals surface area contributed by atoms with Crippen LogP contribution in [0.1, 0.15) is 50.5 Å². The third kappa shape index (κ3) is 4.75. The lowest BCUT2D eigenvalue weighted by Gasteiger charge is -2.19. The van der Waals surface area contributed by atoms with E-state index in [0.717, 1.165) is 11.1 Å². The van der Waals surface area contributed by atoms with Crippen LogP contribution in [-0.4, -0.2) is 29.9 Å². The lowest BCUT2D eigenvalue weighted by atomic mass is 9.94. The molecule has 3 rings (SSSR count). The quantitative estimate of drug-likeness (QED) is 0.306. The number of rotatable bonds is 6. The molecule has 0 aromatic heterocycles. The fourth-order valence-corrected chi connectivity index (χ4v) is 4.37. The van der Waals surface area contributed by atoms with E-state index in [1.807, 2.05) is 13.8 Å². The summed E-state index contributed by atoms with van der Waals surface area (Å²) < 4.78 is 20.1. The van der Waals surface area contributed by atoms with Crippen molar-refractivity contribution in [2.24, 2.45) is 5.73 Å². The summed E-state index contributed by atoms with van der Waals surface area (Å²) >= 11 is 1.37. The predicted molar refractivity (Wildman–Crippen MR) is 128 cm³/mol. The van der Waals surface area contributed by atoms with E-state index >= 15 is 0 Å². The summed E-state index contributed by atoms with van der Waals surface area (Å²) in [5.74, 6) is -0.262. The average Bonchev–Trinajstić information content (AvgIpc) is 3.02. The van der Waals surface area contributed by atoms with Crippen molar-refractivity contribution in [1.82, 2.24) is 5.32 Å². The van der Waals surface area contributed by atoms with E-state index in [9.17, 15) is 14.0 Å². The Labute approximate surface area is 191 Å². The number of ether oxygens (including phenoxy) is 1. The molecule has 6 nitrogen and oxygen atoms in total. The third-order valence-electron chi connectivity index (χ3n) is 5.03. The largest absolute Gasteiger partial charge is 0.444 e. The van der Waals surface area contributed by atoms with Gasteiger partial charge in [0.1, 0.15) is 11.4 Å². The van der Waals surface area contributed by atoms with Crippen molar-refractivity contribution in [1.29, 1.82) is 0 Å². The highest BCUT2D eigenvalue weighted by Crippen LogP contribution is 2.43. The zero-order chi connectivity index (χ0) is 23.8. The maximum Gasteiger partial charge on any atom is 0.407 e. The van der Waals surface area contributed by atoms with Crippen LogP contribution in [0, 0.1) is 5.82 Å². The van der Waals surface area contributed by atoms with Gasteiger partial charge in [-0.25, -0.2) is 9.18 Å². The van der Waals surface area contributed by atoms with Crippen LogP contribution in [0.3, 0.4) is 0 Å². The van der Waals surface area contributed by atoms with Gasteiger partial charge in [-0.2, -0.15) is 0 Å². The summed E-state index contributed by atoms with van der Waals surface area (Å²) in [6, 6.07) is 4.64. The average molecular weight is 458 g/mol. The second-order valence-corrected chi connectivity index (χ2v) is 9.83. The number of thioether (sulfide) groups is 1. The molecule has 8 heteroatoms. The summed E-state index contributed by atoms with van der Waals surface area (Å²) in [6.07, 6.45) is -0.510. The number of alkyl carbamates (subject to hydrolysis) is 1. The van der Waals surface area contributed by atoms with E-state index in [2.05, 4.69) is 17.2 Å². The number of anilines is 1. The van der Waals surface area contributed by atoms with Gasteiger partial charge in [0.2, 0.25) is 0 Å². The van der Waals surface area contributed by atoms with Crippen LogP contribution < -0.4 is 16.4 Å². The molecule has 1 aliphatic rings. The Bertz CT molecular complexity index is 1170. The fourth-order valence-electron chi connectivity index (χ4n) is 3.40. The highest BCUT2D eigenvalue weighted by molar-refractivity contribution is 7.99. The van der Waals surface area contributed by atoms with Crippen LogP contribution in [0.15, 0.2) is 40.8 Å². The van der Waals surface area contributed by atoms with E-state index in [1.54, 1.807) is 32.9 Å². The number of nitrogens with two attached hydrogens (primary N) is 1. The zero-order valence-corrected chi connectivity index (χ0v) is 19.8. The first-order valence-electron chi connectivity index (χ1n) is 10.2. The van der Waals surface area contributed by atoms with Crippen molar-refractivity contribution in [2.45, 2.75) is 45.1 Å².